The summed E-state index contributed by atoms with van der Waals surface area (Å²) in [6, 6.07) is 0. The maximum atomic E-state index is 5.68. The summed E-state index contributed by atoms with van der Waals surface area (Å²) in [5.41, 5.74) is 0. The first-order valence-electron chi connectivity index (χ1n) is 8.00. The standard InChI is InChI=1S/C16H34O2/c1-4-6-7-8-9-10-11-12-13-16(3)18-15-14-17-5-2/h16H,4-15H2,1-3H3. The molecule has 0 aromatic rings. The van der Waals surface area contributed by atoms with Gasteiger partial charge in [0.15, 0.2) is 0 Å². The van der Waals surface area contributed by atoms with Crippen molar-refractivity contribution in [2.45, 2.75) is 84.7 Å². The maximum absolute atomic E-state index is 5.68. The van der Waals surface area contributed by atoms with Gasteiger partial charge in [-0.05, 0) is 20.3 Å². The van der Waals surface area contributed by atoms with Crippen molar-refractivity contribution < 1.29 is 9.47 Å². The van der Waals surface area contributed by atoms with Crippen LogP contribution in [0.25, 0.3) is 0 Å². The van der Waals surface area contributed by atoms with Crippen molar-refractivity contribution >= 4 is 0 Å². The molecule has 0 radical (unpaired) electrons. The molecule has 0 heterocycles. The van der Waals surface area contributed by atoms with Gasteiger partial charge in [0, 0.05) is 6.61 Å². The minimum atomic E-state index is 0.394. The molecule has 0 aromatic heterocycles. The molecule has 0 saturated carbocycles. The highest BCUT2D eigenvalue weighted by Crippen LogP contribution is 2.11. The molecule has 0 bridgehead atoms. The van der Waals surface area contributed by atoms with Crippen LogP contribution in [-0.4, -0.2) is 25.9 Å². The Morgan fingerprint density at radius 3 is 2.00 bits per heavy atom. The largest absolute Gasteiger partial charge is 0.379 e. The summed E-state index contributed by atoms with van der Waals surface area (Å²) in [7, 11) is 0. The summed E-state index contributed by atoms with van der Waals surface area (Å²) in [5.74, 6) is 0. The van der Waals surface area contributed by atoms with Crippen molar-refractivity contribution in [3.63, 3.8) is 0 Å². The molecule has 0 spiro atoms. The molecule has 0 fully saturated rings. The second-order valence-electron chi connectivity index (χ2n) is 5.14. The number of ether oxygens (including phenoxy) is 2. The first-order chi connectivity index (χ1) is 8.81. The van der Waals surface area contributed by atoms with E-state index in [1.165, 1.54) is 57.8 Å². The lowest BCUT2D eigenvalue weighted by Gasteiger charge is -2.12. The lowest BCUT2D eigenvalue weighted by atomic mass is 10.1. The molecule has 2 heteroatoms. The van der Waals surface area contributed by atoms with Crippen LogP contribution in [0.4, 0.5) is 0 Å². The van der Waals surface area contributed by atoms with Crippen molar-refractivity contribution in [2.24, 2.45) is 0 Å². The Bertz CT molecular complexity index is 148. The first-order valence-corrected chi connectivity index (χ1v) is 8.00. The van der Waals surface area contributed by atoms with Crippen molar-refractivity contribution in [2.75, 3.05) is 19.8 Å². The molecule has 0 N–H and O–H groups in total. The third-order valence-electron chi connectivity index (χ3n) is 3.30. The van der Waals surface area contributed by atoms with Crippen molar-refractivity contribution in [1.29, 1.82) is 0 Å². The Balaban J connectivity index is 3.08. The molecule has 1 atom stereocenters. The van der Waals surface area contributed by atoms with E-state index in [-0.39, 0.29) is 0 Å². The molecule has 18 heavy (non-hydrogen) atoms. The minimum Gasteiger partial charge on any atom is -0.379 e. The van der Waals surface area contributed by atoms with Crippen LogP contribution < -0.4 is 0 Å². The monoisotopic (exact) mass is 258 g/mol. The smallest absolute Gasteiger partial charge is 0.0704 e. The van der Waals surface area contributed by atoms with Crippen LogP contribution in [0.1, 0.15) is 78.6 Å². The lowest BCUT2D eigenvalue weighted by molar-refractivity contribution is 0.0112. The molecule has 110 valence electrons. The summed E-state index contributed by atoms with van der Waals surface area (Å²) in [6.07, 6.45) is 12.7. The second kappa shape index (κ2) is 15.0. The number of hydrogen-bond acceptors (Lipinski definition) is 2. The van der Waals surface area contributed by atoms with E-state index in [0.717, 1.165) is 19.8 Å². The molecule has 2 nitrogen and oxygen atoms in total. The van der Waals surface area contributed by atoms with Gasteiger partial charge < -0.3 is 9.47 Å². The summed E-state index contributed by atoms with van der Waals surface area (Å²) >= 11 is 0. The van der Waals surface area contributed by atoms with Crippen LogP contribution in [0.3, 0.4) is 0 Å². The molecular formula is C16H34O2. The first kappa shape index (κ1) is 17.9. The molecule has 0 amide bonds. The van der Waals surface area contributed by atoms with E-state index in [2.05, 4.69) is 13.8 Å². The number of unbranched alkanes of at least 4 members (excludes halogenated alkanes) is 7. The van der Waals surface area contributed by atoms with Gasteiger partial charge in [-0.1, -0.05) is 58.3 Å². The highest BCUT2D eigenvalue weighted by Gasteiger charge is 2.01. The van der Waals surface area contributed by atoms with Gasteiger partial charge in [0.05, 0.1) is 19.3 Å². The Kier molecular flexibility index (Phi) is 14.9. The van der Waals surface area contributed by atoms with Gasteiger partial charge in [-0.15, -0.1) is 0 Å². The van der Waals surface area contributed by atoms with E-state index in [0.29, 0.717) is 6.10 Å². The van der Waals surface area contributed by atoms with Gasteiger partial charge in [-0.3, -0.25) is 0 Å². The van der Waals surface area contributed by atoms with Gasteiger partial charge >= 0.3 is 0 Å². The highest BCUT2D eigenvalue weighted by atomic mass is 16.5. The summed E-state index contributed by atoms with van der Waals surface area (Å²) in [5, 5.41) is 0. The van der Waals surface area contributed by atoms with Crippen molar-refractivity contribution in [3.8, 4) is 0 Å². The zero-order valence-corrected chi connectivity index (χ0v) is 12.9. The predicted molar refractivity (Wildman–Crippen MR) is 79.1 cm³/mol. The summed E-state index contributed by atoms with van der Waals surface area (Å²) in [4.78, 5) is 0. The topological polar surface area (TPSA) is 18.5 Å². The predicted octanol–water partition coefficient (Wildman–Crippen LogP) is 4.96. The fraction of sp³-hybridized carbons (Fsp3) is 1.00. The Hall–Kier alpha value is -0.0800. The molecule has 0 rings (SSSR count). The van der Waals surface area contributed by atoms with E-state index < -0.39 is 0 Å². The van der Waals surface area contributed by atoms with Gasteiger partial charge in [0.2, 0.25) is 0 Å². The highest BCUT2D eigenvalue weighted by molar-refractivity contribution is 4.52. The van der Waals surface area contributed by atoms with E-state index in [9.17, 15) is 0 Å². The van der Waals surface area contributed by atoms with Crippen LogP contribution in [-0.2, 0) is 9.47 Å². The van der Waals surface area contributed by atoms with E-state index in [1.807, 2.05) is 6.92 Å². The second-order valence-corrected chi connectivity index (χ2v) is 5.14. The van der Waals surface area contributed by atoms with Crippen LogP contribution in [0.5, 0.6) is 0 Å². The zero-order chi connectivity index (χ0) is 13.5. The molecule has 0 aromatic carbocycles. The van der Waals surface area contributed by atoms with Gasteiger partial charge in [-0.25, -0.2) is 0 Å². The summed E-state index contributed by atoms with van der Waals surface area (Å²) < 4.78 is 10.9. The van der Waals surface area contributed by atoms with E-state index in [1.54, 1.807) is 0 Å². The van der Waals surface area contributed by atoms with Gasteiger partial charge in [-0.2, -0.15) is 0 Å². The Morgan fingerprint density at radius 2 is 1.39 bits per heavy atom. The SMILES string of the molecule is CCCCCCCCCCC(C)OCCOCC. The van der Waals surface area contributed by atoms with Crippen LogP contribution in [0.2, 0.25) is 0 Å². The summed E-state index contributed by atoms with van der Waals surface area (Å²) in [6.45, 7) is 8.73. The third-order valence-corrected chi connectivity index (χ3v) is 3.30. The minimum absolute atomic E-state index is 0.394. The van der Waals surface area contributed by atoms with Crippen LogP contribution >= 0.6 is 0 Å². The molecular weight excluding hydrogens is 224 g/mol. The van der Waals surface area contributed by atoms with Crippen molar-refractivity contribution in [1.82, 2.24) is 0 Å². The molecule has 1 unspecified atom stereocenters. The van der Waals surface area contributed by atoms with E-state index >= 15 is 0 Å². The normalized spacial score (nSPS) is 12.8. The Morgan fingerprint density at radius 1 is 0.778 bits per heavy atom. The van der Waals surface area contributed by atoms with Gasteiger partial charge in [0.25, 0.3) is 0 Å². The number of rotatable bonds is 14. The molecule has 0 saturated heterocycles. The average Bonchev–Trinajstić information content (AvgIpc) is 2.38. The van der Waals surface area contributed by atoms with Crippen LogP contribution in [0.15, 0.2) is 0 Å². The Labute approximate surface area is 114 Å². The lowest BCUT2D eigenvalue weighted by Crippen LogP contribution is -2.12. The van der Waals surface area contributed by atoms with Gasteiger partial charge in [0.1, 0.15) is 0 Å². The molecule has 0 aliphatic rings. The van der Waals surface area contributed by atoms with Crippen LogP contribution in [0, 0.1) is 0 Å². The fourth-order valence-corrected chi connectivity index (χ4v) is 2.10. The quantitative estimate of drug-likeness (QED) is 0.410. The zero-order valence-electron chi connectivity index (χ0n) is 12.9. The molecule has 0 aliphatic heterocycles. The maximum Gasteiger partial charge on any atom is 0.0704 e. The van der Waals surface area contributed by atoms with Crippen molar-refractivity contribution in [3.05, 3.63) is 0 Å². The fourth-order valence-electron chi connectivity index (χ4n) is 2.10. The van der Waals surface area contributed by atoms with E-state index in [4.69, 9.17) is 9.47 Å². The third kappa shape index (κ3) is 14.0. The average molecular weight is 258 g/mol. The molecule has 0 aliphatic carbocycles. The number of hydrogen-bond donors (Lipinski definition) is 0.